The molecule has 5 nitrogen and oxygen atoms in total. The van der Waals surface area contributed by atoms with Gasteiger partial charge in [0.05, 0.1) is 5.56 Å². The molecule has 208 valence electrons. The zero-order valence-electron chi connectivity index (χ0n) is 24.2. The van der Waals surface area contributed by atoms with Gasteiger partial charge < -0.3 is 19.7 Å². The van der Waals surface area contributed by atoms with Gasteiger partial charge in [-0.1, -0.05) is 60.2 Å². The molecule has 0 saturated carbocycles. The molecule has 1 atom stereocenters. The maximum absolute atomic E-state index is 13.2. The highest BCUT2D eigenvalue weighted by Gasteiger charge is 2.53. The first-order chi connectivity index (χ1) is 20.4. The van der Waals surface area contributed by atoms with E-state index in [0.717, 1.165) is 51.5 Å². The second kappa shape index (κ2) is 9.81. The Morgan fingerprint density at radius 3 is 2.24 bits per heavy atom. The Balaban J connectivity index is 1.33. The number of fused-ring (bicyclic) bond motifs is 6. The average molecular weight is 553 g/mol. The average Bonchev–Trinajstić information content (AvgIpc) is 3.29. The molecule has 0 saturated heterocycles. The van der Waals surface area contributed by atoms with E-state index in [1.165, 1.54) is 11.1 Å². The third kappa shape index (κ3) is 3.96. The highest BCUT2D eigenvalue weighted by molar-refractivity contribution is 5.97. The molecule has 0 radical (unpaired) electrons. The summed E-state index contributed by atoms with van der Waals surface area (Å²) in [4.78, 5) is 15.5. The summed E-state index contributed by atoms with van der Waals surface area (Å²) in [5.41, 5.74) is 9.73. The minimum absolute atomic E-state index is 0.332. The Bertz CT molecular complexity index is 1860. The maximum Gasteiger partial charge on any atom is 0.340 e. The van der Waals surface area contributed by atoms with Crippen LogP contribution in [0.1, 0.15) is 50.7 Å². The molecular formula is C37H32N2O3. The largest absolute Gasteiger partial charge is 0.456 e. The van der Waals surface area contributed by atoms with Gasteiger partial charge in [-0.2, -0.15) is 0 Å². The maximum atomic E-state index is 13.2. The van der Waals surface area contributed by atoms with E-state index in [-0.39, 0.29) is 5.97 Å². The number of anilines is 4. The molecule has 1 spiro atoms. The number of rotatable bonds is 5. The first-order valence-corrected chi connectivity index (χ1v) is 14.4. The number of ether oxygens (including phenoxy) is 2. The molecule has 0 fully saturated rings. The number of esters is 1. The molecule has 7 rings (SSSR count). The topological polar surface area (TPSA) is 50.8 Å². The van der Waals surface area contributed by atoms with Crippen molar-refractivity contribution in [1.29, 1.82) is 0 Å². The van der Waals surface area contributed by atoms with E-state index in [1.807, 2.05) is 60.7 Å². The summed E-state index contributed by atoms with van der Waals surface area (Å²) in [7, 11) is 0. The summed E-state index contributed by atoms with van der Waals surface area (Å²) < 4.78 is 12.7. The number of hydrogen-bond acceptors (Lipinski definition) is 5. The van der Waals surface area contributed by atoms with Crippen molar-refractivity contribution >= 4 is 28.7 Å². The van der Waals surface area contributed by atoms with E-state index in [4.69, 9.17) is 9.47 Å². The molecule has 0 aromatic heterocycles. The fourth-order valence-corrected chi connectivity index (χ4v) is 6.34. The molecule has 2 aliphatic rings. The summed E-state index contributed by atoms with van der Waals surface area (Å²) >= 11 is 0. The lowest BCUT2D eigenvalue weighted by Crippen LogP contribution is -2.33. The van der Waals surface area contributed by atoms with Crippen molar-refractivity contribution in [3.63, 3.8) is 0 Å². The highest BCUT2D eigenvalue weighted by atomic mass is 16.6. The van der Waals surface area contributed by atoms with Crippen LogP contribution in [-0.2, 0) is 10.3 Å². The lowest BCUT2D eigenvalue weighted by atomic mass is 9.77. The van der Waals surface area contributed by atoms with Crippen LogP contribution in [0.4, 0.5) is 22.7 Å². The molecule has 0 bridgehead atoms. The number of nitrogens with one attached hydrogen (secondary N) is 1. The minimum Gasteiger partial charge on any atom is -0.456 e. The summed E-state index contributed by atoms with van der Waals surface area (Å²) in [5.74, 6) is 1.02. The van der Waals surface area contributed by atoms with Crippen molar-refractivity contribution in [3.8, 4) is 11.5 Å². The van der Waals surface area contributed by atoms with E-state index in [2.05, 4.69) is 80.4 Å². The number of hydrogen-bond donors (Lipinski definition) is 1. The van der Waals surface area contributed by atoms with Crippen LogP contribution < -0.4 is 15.0 Å². The number of benzene rings is 5. The van der Waals surface area contributed by atoms with Crippen LogP contribution in [0.15, 0.2) is 103 Å². The van der Waals surface area contributed by atoms with Crippen molar-refractivity contribution in [1.82, 2.24) is 0 Å². The van der Waals surface area contributed by atoms with E-state index in [9.17, 15) is 4.79 Å². The summed E-state index contributed by atoms with van der Waals surface area (Å²) in [6.45, 7) is 9.40. The molecule has 1 unspecified atom stereocenters. The van der Waals surface area contributed by atoms with E-state index >= 15 is 0 Å². The fourth-order valence-electron chi connectivity index (χ4n) is 6.34. The predicted molar refractivity (Wildman–Crippen MR) is 168 cm³/mol. The quantitative estimate of drug-likeness (QED) is 0.220. The van der Waals surface area contributed by atoms with Crippen LogP contribution in [0.3, 0.4) is 0 Å². The van der Waals surface area contributed by atoms with Gasteiger partial charge in [-0.15, -0.1) is 0 Å². The number of aryl methyl sites for hydroxylation is 3. The lowest BCUT2D eigenvalue weighted by Gasteiger charge is -2.36. The van der Waals surface area contributed by atoms with Crippen LogP contribution in [-0.4, -0.2) is 12.5 Å². The van der Waals surface area contributed by atoms with Crippen molar-refractivity contribution in [2.24, 2.45) is 0 Å². The van der Waals surface area contributed by atoms with E-state index in [0.29, 0.717) is 17.1 Å². The molecule has 5 heteroatoms. The molecule has 5 aromatic carbocycles. The molecule has 0 aliphatic carbocycles. The SMILES string of the molecule is CCN(c1ccc(C)cc1)c1cc(Nc2ccc3c(c2)C2(OC(=O)c4ccccc42)c2ccccc2O3)c(C)cc1C. The van der Waals surface area contributed by atoms with Gasteiger partial charge in [0.25, 0.3) is 0 Å². The van der Waals surface area contributed by atoms with Crippen LogP contribution in [0, 0.1) is 20.8 Å². The number of carbonyl (C=O) groups is 1. The molecule has 1 N–H and O–H groups in total. The van der Waals surface area contributed by atoms with Crippen LogP contribution in [0.2, 0.25) is 0 Å². The first-order valence-electron chi connectivity index (χ1n) is 14.4. The first kappa shape index (κ1) is 25.9. The Morgan fingerprint density at radius 1 is 0.738 bits per heavy atom. The van der Waals surface area contributed by atoms with Crippen molar-refractivity contribution in [2.75, 3.05) is 16.8 Å². The van der Waals surface area contributed by atoms with Crippen LogP contribution in [0.25, 0.3) is 0 Å². The van der Waals surface area contributed by atoms with Crippen molar-refractivity contribution < 1.29 is 14.3 Å². The number of para-hydroxylation sites is 1. The fraction of sp³-hybridized carbons (Fsp3) is 0.162. The highest BCUT2D eigenvalue weighted by Crippen LogP contribution is 2.56. The Labute approximate surface area is 246 Å². The van der Waals surface area contributed by atoms with Crippen molar-refractivity contribution in [3.05, 3.63) is 142 Å². The zero-order chi connectivity index (χ0) is 29.0. The lowest BCUT2D eigenvalue weighted by molar-refractivity contribution is 0.0224. The Hall–Kier alpha value is -5.03. The molecule has 5 aromatic rings. The second-order valence-corrected chi connectivity index (χ2v) is 11.1. The van der Waals surface area contributed by atoms with Gasteiger partial charge in [0, 0.05) is 46.0 Å². The van der Waals surface area contributed by atoms with Gasteiger partial charge in [0.2, 0.25) is 0 Å². The number of carbonyl (C=O) groups excluding carboxylic acids is 1. The number of nitrogens with zero attached hydrogens (tertiary/aromatic N) is 1. The second-order valence-electron chi connectivity index (χ2n) is 11.1. The normalized spacial score (nSPS) is 16.2. The summed E-state index contributed by atoms with van der Waals surface area (Å²) in [5, 5.41) is 3.67. The van der Waals surface area contributed by atoms with Gasteiger partial charge in [0.1, 0.15) is 11.5 Å². The third-order valence-corrected chi connectivity index (χ3v) is 8.39. The third-order valence-electron chi connectivity index (χ3n) is 8.39. The standard InChI is InChI=1S/C37H32N2O3/c1-5-39(27-17-14-23(2)15-18-27)33-22-32(24(3)20-25(33)4)38-26-16-19-35-31(21-26)37(30-12-8-9-13-34(30)41-35)29-11-7-6-10-28(29)36(40)42-37/h6-22,38H,5H2,1-4H3. The smallest absolute Gasteiger partial charge is 0.340 e. The minimum atomic E-state index is -1.09. The van der Waals surface area contributed by atoms with Gasteiger partial charge >= 0.3 is 5.97 Å². The molecule has 42 heavy (non-hydrogen) atoms. The van der Waals surface area contributed by atoms with Crippen LogP contribution in [0.5, 0.6) is 11.5 Å². The molecular weight excluding hydrogens is 520 g/mol. The Kier molecular flexibility index (Phi) is 6.05. The van der Waals surface area contributed by atoms with Gasteiger partial charge in [0.15, 0.2) is 5.60 Å². The summed E-state index contributed by atoms with van der Waals surface area (Å²) in [6.07, 6.45) is 0. The van der Waals surface area contributed by atoms with E-state index < -0.39 is 5.60 Å². The predicted octanol–water partition coefficient (Wildman–Crippen LogP) is 9.08. The van der Waals surface area contributed by atoms with Gasteiger partial charge in [-0.25, -0.2) is 4.79 Å². The van der Waals surface area contributed by atoms with Gasteiger partial charge in [-0.05, 0) is 87.4 Å². The van der Waals surface area contributed by atoms with Crippen molar-refractivity contribution in [2.45, 2.75) is 33.3 Å². The van der Waals surface area contributed by atoms with Gasteiger partial charge in [-0.3, -0.25) is 0 Å². The molecule has 2 aliphatic heterocycles. The summed E-state index contributed by atoms with van der Waals surface area (Å²) in [6, 6.07) is 34.5. The molecule has 2 heterocycles. The molecule has 0 amide bonds. The van der Waals surface area contributed by atoms with E-state index in [1.54, 1.807) is 0 Å². The Morgan fingerprint density at radius 2 is 1.45 bits per heavy atom. The van der Waals surface area contributed by atoms with Crippen LogP contribution >= 0.6 is 0 Å². The monoisotopic (exact) mass is 552 g/mol. The zero-order valence-corrected chi connectivity index (χ0v) is 24.2.